The molecule has 0 N–H and O–H groups in total. The smallest absolute Gasteiger partial charge is 0.410 e. The summed E-state index contributed by atoms with van der Waals surface area (Å²) in [5.41, 5.74) is 3.45. The average molecular weight is 391 g/mol. The van der Waals surface area contributed by atoms with Crippen LogP contribution in [0.25, 0.3) is 5.57 Å². The lowest BCUT2D eigenvalue weighted by atomic mass is 9.83. The summed E-state index contributed by atoms with van der Waals surface area (Å²) < 4.78 is 17.0. The van der Waals surface area contributed by atoms with Crippen molar-refractivity contribution in [2.75, 3.05) is 13.2 Å². The molecule has 2 bridgehead atoms. The molecule has 3 aliphatic heterocycles. The van der Waals surface area contributed by atoms with Crippen LogP contribution in [-0.2, 0) is 11.3 Å². The molecule has 0 spiro atoms. The van der Waals surface area contributed by atoms with E-state index in [0.29, 0.717) is 19.8 Å². The van der Waals surface area contributed by atoms with Crippen LogP contribution in [0.5, 0.6) is 11.5 Å². The number of piperidine rings is 1. The van der Waals surface area contributed by atoms with Crippen LogP contribution >= 0.6 is 0 Å². The van der Waals surface area contributed by atoms with E-state index in [1.54, 1.807) is 0 Å². The molecule has 0 saturated carbocycles. The van der Waals surface area contributed by atoms with Crippen molar-refractivity contribution < 1.29 is 19.0 Å². The van der Waals surface area contributed by atoms with Crippen molar-refractivity contribution in [3.05, 3.63) is 65.7 Å². The number of ether oxygens (including phenoxy) is 3. The highest BCUT2D eigenvalue weighted by molar-refractivity contribution is 5.75. The summed E-state index contributed by atoms with van der Waals surface area (Å²) in [5.74, 6) is 1.62. The van der Waals surface area contributed by atoms with Crippen molar-refractivity contribution in [3.63, 3.8) is 0 Å². The summed E-state index contributed by atoms with van der Waals surface area (Å²) in [7, 11) is 0. The van der Waals surface area contributed by atoms with Crippen LogP contribution < -0.4 is 9.47 Å². The third-order valence-electron chi connectivity index (χ3n) is 5.97. The number of rotatable bonds is 3. The van der Waals surface area contributed by atoms with E-state index < -0.39 is 0 Å². The fourth-order valence-corrected chi connectivity index (χ4v) is 4.57. The third-order valence-corrected chi connectivity index (χ3v) is 5.97. The van der Waals surface area contributed by atoms with Crippen LogP contribution in [0, 0.1) is 0 Å². The number of carbonyl (C=O) groups is 1. The summed E-state index contributed by atoms with van der Waals surface area (Å²) in [5, 5.41) is 0. The van der Waals surface area contributed by atoms with Gasteiger partial charge in [0.25, 0.3) is 0 Å². The van der Waals surface area contributed by atoms with Gasteiger partial charge in [-0.1, -0.05) is 42.5 Å². The SMILES string of the molecule is O=C(OCc1ccccc1)N1C2C=C(c3ccc4c(c3)OCCO4)CC1CCC2. The van der Waals surface area contributed by atoms with Gasteiger partial charge in [-0.2, -0.15) is 0 Å². The molecule has 1 fully saturated rings. The minimum Gasteiger partial charge on any atom is -0.486 e. The first-order chi connectivity index (χ1) is 14.3. The predicted molar refractivity (Wildman–Crippen MR) is 110 cm³/mol. The van der Waals surface area contributed by atoms with E-state index >= 15 is 0 Å². The summed E-state index contributed by atoms with van der Waals surface area (Å²) >= 11 is 0. The van der Waals surface area contributed by atoms with E-state index in [2.05, 4.69) is 18.2 Å². The molecule has 3 heterocycles. The average Bonchev–Trinajstić information content (AvgIpc) is 2.77. The summed E-state index contributed by atoms with van der Waals surface area (Å²) in [6.07, 6.45) is 6.01. The fraction of sp³-hybridized carbons (Fsp3) is 0.375. The Kier molecular flexibility index (Phi) is 4.88. The Bertz CT molecular complexity index is 924. The number of amides is 1. The van der Waals surface area contributed by atoms with Gasteiger partial charge in [-0.05, 0) is 54.5 Å². The van der Waals surface area contributed by atoms with Gasteiger partial charge in [0.15, 0.2) is 11.5 Å². The maximum atomic E-state index is 12.9. The Morgan fingerprint density at radius 2 is 1.86 bits per heavy atom. The standard InChI is InChI=1S/C24H25NO4/c26-24(29-16-17-5-2-1-3-6-17)25-20-7-4-8-21(25)14-19(13-20)18-9-10-22-23(15-18)28-12-11-27-22/h1-3,5-6,9-10,13,15,20-21H,4,7-8,11-12,14,16H2. The summed E-state index contributed by atoms with van der Waals surface area (Å²) in [4.78, 5) is 14.8. The zero-order chi connectivity index (χ0) is 19.6. The number of carbonyl (C=O) groups excluding carboxylic acids is 1. The lowest BCUT2D eigenvalue weighted by Gasteiger charge is -2.44. The van der Waals surface area contributed by atoms with Crippen molar-refractivity contribution >= 4 is 11.7 Å². The van der Waals surface area contributed by atoms with Crippen LogP contribution in [-0.4, -0.2) is 36.3 Å². The van der Waals surface area contributed by atoms with E-state index in [9.17, 15) is 4.79 Å². The van der Waals surface area contributed by atoms with Gasteiger partial charge in [0, 0.05) is 6.04 Å². The van der Waals surface area contributed by atoms with Crippen molar-refractivity contribution in [3.8, 4) is 11.5 Å². The Balaban J connectivity index is 1.33. The highest BCUT2D eigenvalue weighted by atomic mass is 16.6. The molecule has 1 amide bonds. The van der Waals surface area contributed by atoms with E-state index in [1.165, 1.54) is 5.57 Å². The van der Waals surface area contributed by atoms with Gasteiger partial charge in [0.2, 0.25) is 0 Å². The van der Waals surface area contributed by atoms with E-state index in [1.807, 2.05) is 41.3 Å². The molecule has 5 nitrogen and oxygen atoms in total. The minimum atomic E-state index is -0.207. The lowest BCUT2D eigenvalue weighted by molar-refractivity contribution is 0.0510. The van der Waals surface area contributed by atoms with Crippen molar-refractivity contribution in [2.24, 2.45) is 0 Å². The molecule has 2 atom stereocenters. The van der Waals surface area contributed by atoms with Crippen molar-refractivity contribution in [1.29, 1.82) is 0 Å². The number of benzene rings is 2. The second-order valence-corrected chi connectivity index (χ2v) is 7.85. The van der Waals surface area contributed by atoms with Crippen molar-refractivity contribution in [1.82, 2.24) is 4.90 Å². The zero-order valence-electron chi connectivity index (χ0n) is 16.4. The molecular formula is C24H25NO4. The highest BCUT2D eigenvalue weighted by Crippen LogP contribution is 2.40. The van der Waals surface area contributed by atoms with Crippen LogP contribution in [0.4, 0.5) is 4.79 Å². The molecule has 3 aliphatic rings. The topological polar surface area (TPSA) is 48.0 Å². The van der Waals surface area contributed by atoms with E-state index in [-0.39, 0.29) is 18.2 Å². The van der Waals surface area contributed by atoms with Gasteiger partial charge in [-0.15, -0.1) is 0 Å². The molecule has 5 heteroatoms. The summed E-state index contributed by atoms with van der Waals surface area (Å²) in [6, 6.07) is 16.3. The normalized spacial score (nSPS) is 22.6. The van der Waals surface area contributed by atoms with Crippen LogP contribution in [0.15, 0.2) is 54.6 Å². The first kappa shape index (κ1) is 18.1. The molecule has 0 radical (unpaired) electrons. The lowest BCUT2D eigenvalue weighted by Crippen LogP contribution is -2.51. The number of hydrogen-bond acceptors (Lipinski definition) is 4. The van der Waals surface area contributed by atoms with Gasteiger partial charge < -0.3 is 14.2 Å². The van der Waals surface area contributed by atoms with E-state index in [4.69, 9.17) is 14.2 Å². The van der Waals surface area contributed by atoms with Crippen LogP contribution in [0.1, 0.15) is 36.8 Å². The molecule has 150 valence electrons. The third kappa shape index (κ3) is 3.69. The van der Waals surface area contributed by atoms with Crippen molar-refractivity contribution in [2.45, 2.75) is 44.4 Å². The first-order valence-corrected chi connectivity index (χ1v) is 10.4. The Morgan fingerprint density at radius 1 is 1.03 bits per heavy atom. The maximum absolute atomic E-state index is 12.9. The Hall–Kier alpha value is -2.95. The Morgan fingerprint density at radius 3 is 2.69 bits per heavy atom. The van der Waals surface area contributed by atoms with Gasteiger partial charge >= 0.3 is 6.09 Å². The number of fused-ring (bicyclic) bond motifs is 3. The van der Waals surface area contributed by atoms with Gasteiger partial charge in [0.1, 0.15) is 19.8 Å². The quantitative estimate of drug-likeness (QED) is 0.754. The summed E-state index contributed by atoms with van der Waals surface area (Å²) in [6.45, 7) is 1.50. The molecule has 2 aromatic rings. The predicted octanol–water partition coefficient (Wildman–Crippen LogP) is 4.80. The maximum Gasteiger partial charge on any atom is 0.410 e. The molecule has 0 aliphatic carbocycles. The molecule has 1 saturated heterocycles. The minimum absolute atomic E-state index is 0.0916. The molecule has 2 aromatic carbocycles. The highest BCUT2D eigenvalue weighted by Gasteiger charge is 2.38. The van der Waals surface area contributed by atoms with Crippen LogP contribution in [0.2, 0.25) is 0 Å². The van der Waals surface area contributed by atoms with Gasteiger partial charge in [-0.3, -0.25) is 4.90 Å². The largest absolute Gasteiger partial charge is 0.486 e. The first-order valence-electron chi connectivity index (χ1n) is 10.4. The number of nitrogens with zero attached hydrogens (tertiary/aromatic N) is 1. The Labute approximate surface area is 170 Å². The van der Waals surface area contributed by atoms with E-state index in [0.717, 1.165) is 48.3 Å². The van der Waals surface area contributed by atoms with Crippen LogP contribution in [0.3, 0.4) is 0 Å². The second kappa shape index (κ2) is 7.82. The van der Waals surface area contributed by atoms with Gasteiger partial charge in [0.05, 0.1) is 6.04 Å². The molecular weight excluding hydrogens is 366 g/mol. The second-order valence-electron chi connectivity index (χ2n) is 7.85. The molecule has 0 aromatic heterocycles. The zero-order valence-corrected chi connectivity index (χ0v) is 16.4. The fourth-order valence-electron chi connectivity index (χ4n) is 4.57. The molecule has 5 rings (SSSR count). The monoisotopic (exact) mass is 391 g/mol. The van der Waals surface area contributed by atoms with Gasteiger partial charge in [-0.25, -0.2) is 4.79 Å². The number of hydrogen-bond donors (Lipinski definition) is 0. The molecule has 29 heavy (non-hydrogen) atoms. The molecule has 2 unspecified atom stereocenters.